The number of rotatable bonds is 6. The molecule has 0 amide bonds. The molecule has 122 valence electrons. The lowest BCUT2D eigenvalue weighted by molar-refractivity contribution is 0.131. The maximum absolute atomic E-state index is 13.8. The standard InChI is InChI=1S/C14H18F2N2O3S/c1-9(19)6-14(2,3)8-18-22(20,21)13-11(15)4-10(7-17)5-12(13)16/h4-5,9,18-19H,6,8H2,1-3H3/t9-/m0/s1. The number of sulfonamides is 1. The molecule has 8 heteroatoms. The Morgan fingerprint density at radius 1 is 1.36 bits per heavy atom. The maximum atomic E-state index is 13.8. The number of hydrogen-bond donors (Lipinski definition) is 2. The fourth-order valence-electron chi connectivity index (χ4n) is 2.12. The molecule has 1 rings (SSSR count). The van der Waals surface area contributed by atoms with Gasteiger partial charge in [0.2, 0.25) is 10.0 Å². The zero-order valence-electron chi connectivity index (χ0n) is 12.5. The van der Waals surface area contributed by atoms with Crippen LogP contribution in [0.4, 0.5) is 8.78 Å². The number of benzene rings is 1. The van der Waals surface area contributed by atoms with Gasteiger partial charge >= 0.3 is 0 Å². The highest BCUT2D eigenvalue weighted by Gasteiger charge is 2.28. The maximum Gasteiger partial charge on any atom is 0.246 e. The van der Waals surface area contributed by atoms with Crippen LogP contribution in [0.3, 0.4) is 0 Å². The number of aliphatic hydroxyl groups is 1. The molecule has 2 N–H and O–H groups in total. The molecule has 0 spiro atoms. The Kier molecular flexibility index (Phi) is 5.62. The number of halogens is 2. The molecule has 0 radical (unpaired) electrons. The van der Waals surface area contributed by atoms with Crippen molar-refractivity contribution in [3.63, 3.8) is 0 Å². The second-order valence-electron chi connectivity index (χ2n) is 5.92. The molecule has 1 aromatic carbocycles. The second-order valence-corrected chi connectivity index (χ2v) is 7.63. The quantitative estimate of drug-likeness (QED) is 0.832. The van der Waals surface area contributed by atoms with E-state index in [-0.39, 0.29) is 12.1 Å². The summed E-state index contributed by atoms with van der Waals surface area (Å²) >= 11 is 0. The summed E-state index contributed by atoms with van der Waals surface area (Å²) < 4.78 is 53.8. The van der Waals surface area contributed by atoms with Gasteiger partial charge in [0.15, 0.2) is 4.90 Å². The van der Waals surface area contributed by atoms with Crippen LogP contribution in [0.15, 0.2) is 17.0 Å². The fraction of sp³-hybridized carbons (Fsp3) is 0.500. The first-order valence-corrected chi connectivity index (χ1v) is 8.04. The van der Waals surface area contributed by atoms with E-state index >= 15 is 0 Å². The highest BCUT2D eigenvalue weighted by Crippen LogP contribution is 2.24. The van der Waals surface area contributed by atoms with Crippen LogP contribution >= 0.6 is 0 Å². The Labute approximate surface area is 128 Å². The van der Waals surface area contributed by atoms with Gasteiger partial charge in [0.05, 0.1) is 17.7 Å². The van der Waals surface area contributed by atoms with E-state index in [1.54, 1.807) is 26.8 Å². The summed E-state index contributed by atoms with van der Waals surface area (Å²) in [6.45, 7) is 4.90. The van der Waals surface area contributed by atoms with Gasteiger partial charge in [-0.3, -0.25) is 0 Å². The van der Waals surface area contributed by atoms with Crippen LogP contribution in [-0.4, -0.2) is 26.2 Å². The molecule has 0 unspecified atom stereocenters. The average molecular weight is 332 g/mol. The lowest BCUT2D eigenvalue weighted by atomic mass is 9.87. The third kappa shape index (κ3) is 4.73. The summed E-state index contributed by atoms with van der Waals surface area (Å²) in [5.74, 6) is -2.64. The molecule has 0 fully saturated rings. The number of hydrogen-bond acceptors (Lipinski definition) is 4. The number of nitrogens with one attached hydrogen (secondary N) is 1. The van der Waals surface area contributed by atoms with E-state index in [1.165, 1.54) is 0 Å². The molecule has 5 nitrogen and oxygen atoms in total. The molecule has 0 bridgehead atoms. The van der Waals surface area contributed by atoms with Crippen molar-refractivity contribution in [1.29, 1.82) is 5.26 Å². The third-order valence-corrected chi connectivity index (χ3v) is 4.44. The van der Waals surface area contributed by atoms with Gasteiger partial charge < -0.3 is 5.11 Å². The monoisotopic (exact) mass is 332 g/mol. The van der Waals surface area contributed by atoms with E-state index in [2.05, 4.69) is 4.72 Å². The first-order chi connectivity index (χ1) is 9.98. The second kappa shape index (κ2) is 6.69. The highest BCUT2D eigenvalue weighted by atomic mass is 32.2. The number of nitrogens with zero attached hydrogens (tertiary/aromatic N) is 1. The zero-order chi connectivity index (χ0) is 17.1. The molecule has 0 aromatic heterocycles. The Morgan fingerprint density at radius 2 is 1.86 bits per heavy atom. The summed E-state index contributed by atoms with van der Waals surface area (Å²) in [7, 11) is -4.41. The zero-order valence-corrected chi connectivity index (χ0v) is 13.3. The van der Waals surface area contributed by atoms with Gasteiger partial charge in [-0.05, 0) is 30.9 Å². The largest absolute Gasteiger partial charge is 0.393 e. The minimum atomic E-state index is -4.41. The van der Waals surface area contributed by atoms with E-state index in [4.69, 9.17) is 5.26 Å². The third-order valence-electron chi connectivity index (χ3n) is 2.98. The van der Waals surface area contributed by atoms with Gasteiger partial charge in [0.1, 0.15) is 11.6 Å². The van der Waals surface area contributed by atoms with Crippen LogP contribution < -0.4 is 4.72 Å². The number of aliphatic hydroxyl groups excluding tert-OH is 1. The van der Waals surface area contributed by atoms with Crippen molar-refractivity contribution < 1.29 is 22.3 Å². The molecule has 0 saturated heterocycles. The molecular formula is C14H18F2N2O3S. The molecule has 0 aliphatic carbocycles. The summed E-state index contributed by atoms with van der Waals surface area (Å²) in [5.41, 5.74) is -0.899. The molecule has 0 heterocycles. The van der Waals surface area contributed by atoms with E-state index in [9.17, 15) is 22.3 Å². The van der Waals surface area contributed by atoms with Gasteiger partial charge in [-0.15, -0.1) is 0 Å². The normalized spacial score (nSPS) is 13.7. The molecule has 0 aliphatic rings. The lowest BCUT2D eigenvalue weighted by Crippen LogP contribution is -2.36. The van der Waals surface area contributed by atoms with Crippen LogP contribution in [0.25, 0.3) is 0 Å². The van der Waals surface area contributed by atoms with Crippen LogP contribution in [0.2, 0.25) is 0 Å². The summed E-state index contributed by atoms with van der Waals surface area (Å²) in [6.07, 6.45) is -0.323. The Bertz CT molecular complexity index is 672. The Morgan fingerprint density at radius 3 is 2.27 bits per heavy atom. The van der Waals surface area contributed by atoms with E-state index in [0.717, 1.165) is 0 Å². The first-order valence-electron chi connectivity index (χ1n) is 6.55. The summed E-state index contributed by atoms with van der Waals surface area (Å²) in [6, 6.07) is 2.87. The first kappa shape index (κ1) is 18.5. The number of nitriles is 1. The van der Waals surface area contributed by atoms with Crippen LogP contribution in [-0.2, 0) is 10.0 Å². The van der Waals surface area contributed by atoms with Crippen molar-refractivity contribution in [3.8, 4) is 6.07 Å². The van der Waals surface area contributed by atoms with E-state index in [0.29, 0.717) is 18.6 Å². The Balaban J connectivity index is 3.04. The average Bonchev–Trinajstić information content (AvgIpc) is 2.34. The van der Waals surface area contributed by atoms with Crippen molar-refractivity contribution in [2.24, 2.45) is 5.41 Å². The van der Waals surface area contributed by atoms with Gasteiger partial charge in [-0.2, -0.15) is 5.26 Å². The molecule has 0 aliphatic heterocycles. The van der Waals surface area contributed by atoms with Crippen molar-refractivity contribution >= 4 is 10.0 Å². The highest BCUT2D eigenvalue weighted by molar-refractivity contribution is 7.89. The molecule has 22 heavy (non-hydrogen) atoms. The van der Waals surface area contributed by atoms with Crippen molar-refractivity contribution in [1.82, 2.24) is 4.72 Å². The van der Waals surface area contributed by atoms with Crippen LogP contribution in [0.5, 0.6) is 0 Å². The predicted molar refractivity (Wildman–Crippen MR) is 76.3 cm³/mol. The molecular weight excluding hydrogens is 314 g/mol. The summed E-state index contributed by atoms with van der Waals surface area (Å²) in [4.78, 5) is -1.11. The minimum absolute atomic E-state index is 0.0981. The summed E-state index contributed by atoms with van der Waals surface area (Å²) in [5, 5.41) is 18.0. The molecule has 1 atom stereocenters. The van der Waals surface area contributed by atoms with Crippen molar-refractivity contribution in [2.75, 3.05) is 6.54 Å². The minimum Gasteiger partial charge on any atom is -0.393 e. The van der Waals surface area contributed by atoms with Crippen LogP contribution in [0.1, 0.15) is 32.8 Å². The Hall–Kier alpha value is -1.56. The van der Waals surface area contributed by atoms with Gasteiger partial charge in [0, 0.05) is 6.54 Å². The van der Waals surface area contributed by atoms with E-state index < -0.39 is 38.1 Å². The predicted octanol–water partition coefficient (Wildman–Crippen LogP) is 1.91. The van der Waals surface area contributed by atoms with Gasteiger partial charge in [-0.1, -0.05) is 13.8 Å². The fourth-order valence-corrected chi connectivity index (χ4v) is 3.47. The topological polar surface area (TPSA) is 90.2 Å². The molecule has 0 saturated carbocycles. The van der Waals surface area contributed by atoms with Crippen molar-refractivity contribution in [3.05, 3.63) is 29.3 Å². The smallest absolute Gasteiger partial charge is 0.246 e. The van der Waals surface area contributed by atoms with Crippen LogP contribution in [0, 0.1) is 28.4 Å². The molecule has 1 aromatic rings. The van der Waals surface area contributed by atoms with Gasteiger partial charge in [-0.25, -0.2) is 21.9 Å². The van der Waals surface area contributed by atoms with Crippen molar-refractivity contribution in [2.45, 2.75) is 38.2 Å². The SMILES string of the molecule is C[C@H](O)CC(C)(C)CNS(=O)(=O)c1c(F)cc(C#N)cc1F. The van der Waals surface area contributed by atoms with Gasteiger partial charge in [0.25, 0.3) is 0 Å². The van der Waals surface area contributed by atoms with E-state index in [1.807, 2.05) is 0 Å². The lowest BCUT2D eigenvalue weighted by Gasteiger charge is -2.26.